The van der Waals surface area contributed by atoms with Crippen molar-refractivity contribution in [2.75, 3.05) is 19.7 Å². The monoisotopic (exact) mass is 199 g/mol. The molecule has 14 heavy (non-hydrogen) atoms. The second-order valence-electron chi connectivity index (χ2n) is 3.30. The number of aryl methyl sites for hydroxylation is 1. The second kappa shape index (κ2) is 5.72. The molecule has 1 aromatic heterocycles. The molecule has 0 saturated heterocycles. The van der Waals surface area contributed by atoms with E-state index in [4.69, 9.17) is 5.11 Å². The number of aliphatic hydroxyl groups is 1. The third kappa shape index (κ3) is 3.08. The zero-order chi connectivity index (χ0) is 10.4. The maximum Gasteiger partial charge on any atom is 0.122 e. The number of aromatic nitrogens is 2. The molecule has 0 spiro atoms. The van der Waals surface area contributed by atoms with E-state index in [1.165, 1.54) is 0 Å². The van der Waals surface area contributed by atoms with Gasteiger partial charge in [-0.3, -0.25) is 4.90 Å². The summed E-state index contributed by atoms with van der Waals surface area (Å²) in [6.07, 6.45) is 1.06. The van der Waals surface area contributed by atoms with Gasteiger partial charge in [-0.15, -0.1) is 0 Å². The van der Waals surface area contributed by atoms with Crippen LogP contribution in [0, 0.1) is 6.92 Å². The van der Waals surface area contributed by atoms with Gasteiger partial charge in [0, 0.05) is 13.1 Å². The van der Waals surface area contributed by atoms with Gasteiger partial charge in [-0.2, -0.15) is 0 Å². The lowest BCUT2D eigenvalue weighted by Crippen LogP contribution is -2.27. The van der Waals surface area contributed by atoms with Crippen molar-refractivity contribution in [1.29, 1.82) is 0 Å². The molecular formula is C9H17N3O2. The Balaban J connectivity index is 2.50. The third-order valence-corrected chi connectivity index (χ3v) is 2.08. The van der Waals surface area contributed by atoms with E-state index in [9.17, 15) is 0 Å². The highest BCUT2D eigenvalue weighted by molar-refractivity contribution is 5.04. The summed E-state index contributed by atoms with van der Waals surface area (Å²) >= 11 is 0. The lowest BCUT2D eigenvalue weighted by molar-refractivity contribution is 0.186. The fourth-order valence-electron chi connectivity index (χ4n) is 1.33. The Morgan fingerprint density at radius 2 is 2.14 bits per heavy atom. The predicted molar refractivity (Wildman–Crippen MR) is 51.7 cm³/mol. The van der Waals surface area contributed by atoms with Crippen molar-refractivity contribution in [2.45, 2.75) is 26.8 Å². The third-order valence-electron chi connectivity index (χ3n) is 2.08. The van der Waals surface area contributed by atoms with E-state index in [-0.39, 0.29) is 6.61 Å². The van der Waals surface area contributed by atoms with E-state index in [0.29, 0.717) is 13.1 Å². The average molecular weight is 199 g/mol. The fourth-order valence-corrected chi connectivity index (χ4v) is 1.33. The molecule has 1 rings (SSSR count). The molecule has 0 atom stereocenters. The Morgan fingerprint density at radius 1 is 1.36 bits per heavy atom. The Morgan fingerprint density at radius 3 is 2.64 bits per heavy atom. The minimum absolute atomic E-state index is 0.171. The average Bonchev–Trinajstić information content (AvgIpc) is 2.53. The molecular weight excluding hydrogens is 182 g/mol. The van der Waals surface area contributed by atoms with Gasteiger partial charge in [-0.05, 0) is 19.9 Å². The van der Waals surface area contributed by atoms with Crippen LogP contribution in [0.15, 0.2) is 4.63 Å². The smallest absolute Gasteiger partial charge is 0.122 e. The van der Waals surface area contributed by atoms with Gasteiger partial charge in [0.15, 0.2) is 0 Å². The molecule has 0 saturated carbocycles. The van der Waals surface area contributed by atoms with Crippen molar-refractivity contribution in [3.8, 4) is 0 Å². The van der Waals surface area contributed by atoms with E-state index < -0.39 is 0 Å². The Bertz CT molecular complexity index is 256. The van der Waals surface area contributed by atoms with Crippen LogP contribution in [0.1, 0.15) is 24.7 Å². The van der Waals surface area contributed by atoms with Crippen molar-refractivity contribution in [3.05, 3.63) is 11.4 Å². The first kappa shape index (κ1) is 11.1. The topological polar surface area (TPSA) is 62.4 Å². The van der Waals surface area contributed by atoms with E-state index >= 15 is 0 Å². The van der Waals surface area contributed by atoms with E-state index in [2.05, 4.69) is 26.8 Å². The van der Waals surface area contributed by atoms with Gasteiger partial charge in [0.05, 0.1) is 6.61 Å². The molecule has 1 heterocycles. The molecule has 5 heteroatoms. The van der Waals surface area contributed by atoms with Gasteiger partial charge in [0.2, 0.25) is 0 Å². The largest absolute Gasteiger partial charge is 0.395 e. The van der Waals surface area contributed by atoms with Gasteiger partial charge in [0.25, 0.3) is 0 Å². The normalized spacial score (nSPS) is 11.1. The lowest BCUT2D eigenvalue weighted by Gasteiger charge is -2.18. The summed E-state index contributed by atoms with van der Waals surface area (Å²) in [4.78, 5) is 2.13. The summed E-state index contributed by atoms with van der Waals surface area (Å²) in [6.45, 7) is 6.47. The second-order valence-corrected chi connectivity index (χ2v) is 3.30. The van der Waals surface area contributed by atoms with E-state index in [0.717, 1.165) is 24.4 Å². The summed E-state index contributed by atoms with van der Waals surface area (Å²) in [5.41, 5.74) is 1.68. The molecule has 0 bridgehead atoms. The first-order chi connectivity index (χ1) is 6.77. The van der Waals surface area contributed by atoms with Crippen LogP contribution >= 0.6 is 0 Å². The summed E-state index contributed by atoms with van der Waals surface area (Å²) in [5.74, 6) is 0. The maximum atomic E-state index is 8.86. The molecule has 0 aromatic carbocycles. The lowest BCUT2D eigenvalue weighted by atomic mass is 10.3. The van der Waals surface area contributed by atoms with Gasteiger partial charge in [-0.25, -0.2) is 4.63 Å². The zero-order valence-electron chi connectivity index (χ0n) is 8.73. The molecule has 0 aliphatic carbocycles. The Labute approximate surface area is 83.7 Å². The number of nitrogens with zero attached hydrogens (tertiary/aromatic N) is 3. The number of hydrogen-bond acceptors (Lipinski definition) is 5. The molecule has 0 aliphatic heterocycles. The molecule has 0 radical (unpaired) electrons. The van der Waals surface area contributed by atoms with Crippen LogP contribution in [0.4, 0.5) is 0 Å². The predicted octanol–water partition coefficient (Wildman–Crippen LogP) is 0.582. The Kier molecular flexibility index (Phi) is 4.55. The highest BCUT2D eigenvalue weighted by atomic mass is 16.6. The minimum Gasteiger partial charge on any atom is -0.395 e. The van der Waals surface area contributed by atoms with Crippen LogP contribution in [0.2, 0.25) is 0 Å². The van der Waals surface area contributed by atoms with Crippen molar-refractivity contribution in [3.63, 3.8) is 0 Å². The summed E-state index contributed by atoms with van der Waals surface area (Å²) < 4.78 is 4.61. The van der Waals surface area contributed by atoms with Crippen molar-refractivity contribution in [1.82, 2.24) is 15.2 Å². The van der Waals surface area contributed by atoms with Crippen LogP contribution in [-0.4, -0.2) is 40.0 Å². The zero-order valence-corrected chi connectivity index (χ0v) is 8.73. The minimum atomic E-state index is 0.171. The quantitative estimate of drug-likeness (QED) is 0.726. The van der Waals surface area contributed by atoms with Gasteiger partial charge < -0.3 is 5.11 Å². The van der Waals surface area contributed by atoms with Crippen LogP contribution < -0.4 is 0 Å². The summed E-state index contributed by atoms with van der Waals surface area (Å²) in [7, 11) is 0. The summed E-state index contributed by atoms with van der Waals surface area (Å²) in [5, 5.41) is 16.4. The van der Waals surface area contributed by atoms with Crippen LogP contribution in [0.25, 0.3) is 0 Å². The van der Waals surface area contributed by atoms with Crippen molar-refractivity contribution < 1.29 is 9.74 Å². The summed E-state index contributed by atoms with van der Waals surface area (Å²) in [6, 6.07) is 0. The number of aliphatic hydroxyl groups excluding tert-OH is 1. The van der Waals surface area contributed by atoms with Gasteiger partial charge in [-0.1, -0.05) is 17.2 Å². The fraction of sp³-hybridized carbons (Fsp3) is 0.778. The standard InChI is InChI=1S/C9H17N3O2/c1-3-4-12(5-6-13)7-9-8(2)10-14-11-9/h13H,3-7H2,1-2H3. The Hall–Kier alpha value is -0.940. The van der Waals surface area contributed by atoms with E-state index in [1.54, 1.807) is 0 Å². The molecule has 0 aliphatic rings. The maximum absolute atomic E-state index is 8.86. The van der Waals surface area contributed by atoms with Crippen LogP contribution in [0.5, 0.6) is 0 Å². The van der Waals surface area contributed by atoms with Crippen LogP contribution in [-0.2, 0) is 6.54 Å². The van der Waals surface area contributed by atoms with Crippen molar-refractivity contribution >= 4 is 0 Å². The molecule has 0 unspecified atom stereocenters. The number of hydrogen-bond donors (Lipinski definition) is 1. The SMILES string of the molecule is CCCN(CCO)Cc1nonc1C. The van der Waals surface area contributed by atoms with Gasteiger partial charge in [0.1, 0.15) is 11.4 Å². The molecule has 1 aromatic rings. The molecule has 0 fully saturated rings. The highest BCUT2D eigenvalue weighted by Gasteiger charge is 2.10. The molecule has 5 nitrogen and oxygen atoms in total. The first-order valence-electron chi connectivity index (χ1n) is 4.89. The molecule has 80 valence electrons. The highest BCUT2D eigenvalue weighted by Crippen LogP contribution is 2.05. The van der Waals surface area contributed by atoms with Crippen molar-refractivity contribution in [2.24, 2.45) is 0 Å². The first-order valence-corrected chi connectivity index (χ1v) is 4.89. The molecule has 1 N–H and O–H groups in total. The van der Waals surface area contributed by atoms with Crippen LogP contribution in [0.3, 0.4) is 0 Å². The van der Waals surface area contributed by atoms with Gasteiger partial charge >= 0.3 is 0 Å². The number of rotatable bonds is 6. The van der Waals surface area contributed by atoms with E-state index in [1.807, 2.05) is 6.92 Å². The molecule has 0 amide bonds.